The van der Waals surface area contributed by atoms with Gasteiger partial charge in [0, 0.05) is 18.5 Å². The second-order valence-electron chi connectivity index (χ2n) is 9.38. The molecule has 1 aromatic carbocycles. The van der Waals surface area contributed by atoms with Gasteiger partial charge in [0.15, 0.2) is 0 Å². The van der Waals surface area contributed by atoms with Crippen molar-refractivity contribution in [3.63, 3.8) is 0 Å². The fourth-order valence-corrected chi connectivity index (χ4v) is 5.83. The lowest BCUT2D eigenvalue weighted by atomic mass is 9.98. The molecule has 2 unspecified atom stereocenters. The topological polar surface area (TPSA) is 61.4 Å². The van der Waals surface area contributed by atoms with Gasteiger partial charge in [-0.05, 0) is 89.2 Å². The van der Waals surface area contributed by atoms with Gasteiger partial charge in [-0.25, -0.2) is 8.42 Å². The summed E-state index contributed by atoms with van der Waals surface area (Å²) in [6.07, 6.45) is 4.58. The van der Waals surface area contributed by atoms with E-state index in [1.165, 1.54) is 30.4 Å². The number of sulfonamides is 1. The molecule has 2 N–H and O–H groups in total. The van der Waals surface area contributed by atoms with Crippen LogP contribution in [0.15, 0.2) is 18.2 Å². The minimum absolute atomic E-state index is 0.570. The molecule has 3 aliphatic rings. The molecular weight excluding hydrogens is 358 g/mol. The maximum atomic E-state index is 12.8. The lowest BCUT2D eigenvalue weighted by Crippen LogP contribution is -2.42. The second kappa shape index (κ2) is 7.05. The van der Waals surface area contributed by atoms with E-state index in [4.69, 9.17) is 0 Å². The quantitative estimate of drug-likeness (QED) is 0.810. The number of hydrogen-bond acceptors (Lipinski definition) is 4. The maximum absolute atomic E-state index is 12.8. The van der Waals surface area contributed by atoms with Gasteiger partial charge in [-0.3, -0.25) is 4.31 Å². The Morgan fingerprint density at radius 3 is 2.67 bits per heavy atom. The standard InChI is InChI=1S/C21H33N3O2S/c1-21(2,3)27(25,26)24-11-8-17-12-16(4-5-20(17)24)18-13-19(18)23-14-15-6-9-22-10-7-15/h4-5,12,15,18-19,22-23H,6-11,13-14H2,1-3H3. The van der Waals surface area contributed by atoms with Crippen LogP contribution in [-0.2, 0) is 16.4 Å². The van der Waals surface area contributed by atoms with Crippen LogP contribution in [0.1, 0.15) is 57.1 Å². The Labute approximate surface area is 164 Å². The number of nitrogens with zero attached hydrogens (tertiary/aromatic N) is 1. The summed E-state index contributed by atoms with van der Waals surface area (Å²) in [6.45, 7) is 9.33. The molecule has 1 aliphatic carbocycles. The van der Waals surface area contributed by atoms with Gasteiger partial charge in [-0.2, -0.15) is 0 Å². The third kappa shape index (κ3) is 3.76. The van der Waals surface area contributed by atoms with Crippen molar-refractivity contribution in [3.8, 4) is 0 Å². The van der Waals surface area contributed by atoms with Gasteiger partial charge in [-0.1, -0.05) is 12.1 Å². The number of nitrogens with one attached hydrogen (secondary N) is 2. The van der Waals surface area contributed by atoms with Crippen LogP contribution in [-0.4, -0.2) is 45.4 Å². The number of hydrogen-bond donors (Lipinski definition) is 2. The van der Waals surface area contributed by atoms with E-state index in [2.05, 4.69) is 22.8 Å². The molecule has 150 valence electrons. The Kier molecular flexibility index (Phi) is 5.02. The zero-order valence-corrected chi connectivity index (χ0v) is 17.6. The van der Waals surface area contributed by atoms with Crippen LogP contribution in [0.2, 0.25) is 0 Å². The third-order valence-electron chi connectivity index (χ3n) is 6.37. The summed E-state index contributed by atoms with van der Waals surface area (Å²) < 4.78 is 26.5. The molecule has 1 saturated carbocycles. The Hall–Kier alpha value is -1.11. The van der Waals surface area contributed by atoms with Gasteiger partial charge in [0.2, 0.25) is 10.0 Å². The Morgan fingerprint density at radius 1 is 1.22 bits per heavy atom. The van der Waals surface area contributed by atoms with E-state index in [0.29, 0.717) is 18.5 Å². The number of anilines is 1. The molecule has 0 radical (unpaired) electrons. The SMILES string of the molecule is CC(C)(C)S(=O)(=O)N1CCc2cc(C3CC3NCC3CCNCC3)ccc21. The molecule has 2 atom stereocenters. The third-order valence-corrected chi connectivity index (χ3v) is 8.87. The summed E-state index contributed by atoms with van der Waals surface area (Å²) in [6, 6.07) is 7.02. The first kappa shape index (κ1) is 19.2. The molecule has 0 bridgehead atoms. The summed E-state index contributed by atoms with van der Waals surface area (Å²) in [5, 5.41) is 7.19. The molecule has 6 heteroatoms. The van der Waals surface area contributed by atoms with Crippen molar-refractivity contribution < 1.29 is 8.42 Å². The molecule has 2 fully saturated rings. The molecule has 2 heterocycles. The first-order valence-electron chi connectivity index (χ1n) is 10.4. The number of fused-ring (bicyclic) bond motifs is 1. The number of piperidine rings is 1. The highest BCUT2D eigenvalue weighted by Gasteiger charge is 2.41. The summed E-state index contributed by atoms with van der Waals surface area (Å²) in [4.78, 5) is 0. The van der Waals surface area contributed by atoms with Crippen LogP contribution in [0, 0.1) is 5.92 Å². The zero-order chi connectivity index (χ0) is 19.2. The van der Waals surface area contributed by atoms with Crippen molar-refractivity contribution in [3.05, 3.63) is 29.3 Å². The van der Waals surface area contributed by atoms with Crippen LogP contribution < -0.4 is 14.9 Å². The fourth-order valence-electron chi connectivity index (χ4n) is 4.40. The maximum Gasteiger partial charge on any atom is 0.240 e. The highest BCUT2D eigenvalue weighted by atomic mass is 32.2. The first-order valence-corrected chi connectivity index (χ1v) is 11.8. The largest absolute Gasteiger partial charge is 0.317 e. The van der Waals surface area contributed by atoms with Gasteiger partial charge in [0.25, 0.3) is 0 Å². The van der Waals surface area contributed by atoms with Gasteiger partial charge >= 0.3 is 0 Å². The second-order valence-corrected chi connectivity index (χ2v) is 12.0. The van der Waals surface area contributed by atoms with Gasteiger partial charge in [0.05, 0.1) is 10.4 Å². The predicted octanol–water partition coefficient (Wildman–Crippen LogP) is 2.62. The fraction of sp³-hybridized carbons (Fsp3) is 0.714. The van der Waals surface area contributed by atoms with E-state index < -0.39 is 14.8 Å². The van der Waals surface area contributed by atoms with Crippen molar-refractivity contribution in [1.29, 1.82) is 0 Å². The van der Waals surface area contributed by atoms with E-state index in [1.807, 2.05) is 6.07 Å². The first-order chi connectivity index (χ1) is 12.8. The average Bonchev–Trinajstić information content (AvgIpc) is 3.28. The zero-order valence-electron chi connectivity index (χ0n) is 16.8. The average molecular weight is 392 g/mol. The Morgan fingerprint density at radius 2 is 1.96 bits per heavy atom. The summed E-state index contributed by atoms with van der Waals surface area (Å²) >= 11 is 0. The van der Waals surface area contributed by atoms with Crippen molar-refractivity contribution >= 4 is 15.7 Å². The molecule has 2 aliphatic heterocycles. The van der Waals surface area contributed by atoms with E-state index in [0.717, 1.165) is 37.7 Å². The predicted molar refractivity (Wildman–Crippen MR) is 111 cm³/mol. The molecule has 1 aromatic rings. The van der Waals surface area contributed by atoms with Gasteiger partial charge in [-0.15, -0.1) is 0 Å². The number of benzene rings is 1. The molecule has 0 aromatic heterocycles. The molecular formula is C21H33N3O2S. The van der Waals surface area contributed by atoms with Crippen LogP contribution >= 0.6 is 0 Å². The van der Waals surface area contributed by atoms with E-state index in [1.54, 1.807) is 25.1 Å². The monoisotopic (exact) mass is 391 g/mol. The lowest BCUT2D eigenvalue weighted by molar-refractivity contribution is 0.355. The normalized spacial score (nSPS) is 26.3. The molecule has 0 amide bonds. The van der Waals surface area contributed by atoms with E-state index in [9.17, 15) is 8.42 Å². The molecule has 4 rings (SSSR count). The smallest absolute Gasteiger partial charge is 0.240 e. The van der Waals surface area contributed by atoms with Gasteiger partial charge < -0.3 is 10.6 Å². The number of rotatable bonds is 5. The van der Waals surface area contributed by atoms with Crippen molar-refractivity contribution in [2.75, 3.05) is 30.5 Å². The minimum atomic E-state index is -3.32. The van der Waals surface area contributed by atoms with Crippen molar-refractivity contribution in [2.24, 2.45) is 5.92 Å². The highest BCUT2D eigenvalue weighted by Crippen LogP contribution is 2.44. The van der Waals surface area contributed by atoms with Crippen molar-refractivity contribution in [1.82, 2.24) is 10.6 Å². The molecule has 27 heavy (non-hydrogen) atoms. The molecule has 1 saturated heterocycles. The Balaban J connectivity index is 1.40. The van der Waals surface area contributed by atoms with Gasteiger partial charge in [0.1, 0.15) is 0 Å². The van der Waals surface area contributed by atoms with E-state index in [-0.39, 0.29) is 0 Å². The molecule has 0 spiro atoms. The summed E-state index contributed by atoms with van der Waals surface area (Å²) in [5.41, 5.74) is 3.43. The lowest BCUT2D eigenvalue weighted by Gasteiger charge is -2.28. The van der Waals surface area contributed by atoms with Crippen LogP contribution in [0.3, 0.4) is 0 Å². The van der Waals surface area contributed by atoms with Crippen LogP contribution in [0.5, 0.6) is 0 Å². The minimum Gasteiger partial charge on any atom is -0.317 e. The van der Waals surface area contributed by atoms with Crippen molar-refractivity contribution in [2.45, 2.75) is 63.2 Å². The van der Waals surface area contributed by atoms with Crippen LogP contribution in [0.25, 0.3) is 0 Å². The highest BCUT2D eigenvalue weighted by molar-refractivity contribution is 7.94. The van der Waals surface area contributed by atoms with Crippen LogP contribution in [0.4, 0.5) is 5.69 Å². The molecule has 5 nitrogen and oxygen atoms in total. The summed E-state index contributed by atoms with van der Waals surface area (Å²) in [7, 11) is -3.32. The Bertz CT molecular complexity index is 794. The summed E-state index contributed by atoms with van der Waals surface area (Å²) in [5.74, 6) is 1.40. The van der Waals surface area contributed by atoms with E-state index >= 15 is 0 Å².